The molecule has 0 radical (unpaired) electrons. The lowest BCUT2D eigenvalue weighted by molar-refractivity contribution is 0.0985. The lowest BCUT2D eigenvalue weighted by Gasteiger charge is -2.39. The zero-order chi connectivity index (χ0) is 13.2. The Morgan fingerprint density at radius 1 is 1.28 bits per heavy atom. The van der Waals surface area contributed by atoms with Crippen molar-refractivity contribution in [2.45, 2.75) is 51.6 Å². The summed E-state index contributed by atoms with van der Waals surface area (Å²) in [6.45, 7) is 9.66. The van der Waals surface area contributed by atoms with Crippen LogP contribution in [-0.2, 0) is 0 Å². The molecule has 1 saturated heterocycles. The molecule has 2 rings (SSSR count). The molecule has 1 N–H and O–H groups in total. The van der Waals surface area contributed by atoms with Gasteiger partial charge >= 0.3 is 0 Å². The van der Waals surface area contributed by atoms with Gasteiger partial charge in [0.15, 0.2) is 0 Å². The van der Waals surface area contributed by atoms with Gasteiger partial charge in [0.1, 0.15) is 0 Å². The van der Waals surface area contributed by atoms with Gasteiger partial charge < -0.3 is 15.1 Å². The highest BCUT2D eigenvalue weighted by atomic mass is 15.2. The van der Waals surface area contributed by atoms with Crippen LogP contribution in [0.3, 0.4) is 0 Å². The summed E-state index contributed by atoms with van der Waals surface area (Å²) in [5.41, 5.74) is 0.382. The van der Waals surface area contributed by atoms with Crippen LogP contribution in [0.2, 0.25) is 0 Å². The molecule has 3 heteroatoms. The van der Waals surface area contributed by atoms with Crippen LogP contribution in [0.4, 0.5) is 0 Å². The van der Waals surface area contributed by atoms with Crippen molar-refractivity contribution in [1.29, 1.82) is 0 Å². The van der Waals surface area contributed by atoms with Crippen molar-refractivity contribution in [2.75, 3.05) is 40.3 Å². The summed E-state index contributed by atoms with van der Waals surface area (Å²) in [5.74, 6) is 0. The van der Waals surface area contributed by atoms with E-state index in [0.717, 1.165) is 18.6 Å². The number of rotatable bonds is 6. The molecular weight excluding hydrogens is 222 g/mol. The Balaban J connectivity index is 1.75. The molecule has 3 nitrogen and oxygen atoms in total. The lowest BCUT2D eigenvalue weighted by Crippen LogP contribution is -2.49. The number of piperidine rings is 1. The number of hydrogen-bond donors (Lipinski definition) is 1. The van der Waals surface area contributed by atoms with E-state index < -0.39 is 0 Å². The Bertz CT molecular complexity index is 260. The monoisotopic (exact) mass is 253 g/mol. The molecular formula is C15H31N3. The van der Waals surface area contributed by atoms with Crippen molar-refractivity contribution in [3.8, 4) is 0 Å². The second-order valence-corrected chi connectivity index (χ2v) is 7.29. The first-order valence-corrected chi connectivity index (χ1v) is 7.58. The number of nitrogens with one attached hydrogen (secondary N) is 1. The van der Waals surface area contributed by atoms with Crippen LogP contribution in [0.5, 0.6) is 0 Å². The third kappa shape index (κ3) is 4.52. The standard InChI is InChI=1S/C15H31N3/c1-15(2,11-16-13-7-8-13)12-18(4)14-6-5-9-17(3)10-14/h13-14,16H,5-12H2,1-4H3. The van der Waals surface area contributed by atoms with Crippen molar-refractivity contribution in [1.82, 2.24) is 15.1 Å². The smallest absolute Gasteiger partial charge is 0.0220 e. The normalized spacial score (nSPS) is 26.8. The van der Waals surface area contributed by atoms with Crippen molar-refractivity contribution in [3.63, 3.8) is 0 Å². The van der Waals surface area contributed by atoms with Crippen LogP contribution in [0, 0.1) is 5.41 Å². The highest BCUT2D eigenvalue weighted by Crippen LogP contribution is 2.23. The Labute approximate surface area is 113 Å². The van der Waals surface area contributed by atoms with Crippen LogP contribution < -0.4 is 5.32 Å². The fraction of sp³-hybridized carbons (Fsp3) is 1.00. The molecule has 2 fully saturated rings. The average Bonchev–Trinajstić information content (AvgIpc) is 3.10. The van der Waals surface area contributed by atoms with Gasteiger partial charge in [-0.15, -0.1) is 0 Å². The molecule has 2 aliphatic rings. The Morgan fingerprint density at radius 3 is 2.61 bits per heavy atom. The first kappa shape index (κ1) is 14.3. The molecule has 0 aromatic heterocycles. The van der Waals surface area contributed by atoms with E-state index in [2.05, 4.69) is 43.1 Å². The van der Waals surface area contributed by atoms with Crippen LogP contribution in [0.15, 0.2) is 0 Å². The van der Waals surface area contributed by atoms with Gasteiger partial charge in [0.25, 0.3) is 0 Å². The van der Waals surface area contributed by atoms with E-state index in [1.165, 1.54) is 45.3 Å². The van der Waals surface area contributed by atoms with Gasteiger partial charge in [-0.25, -0.2) is 0 Å². The summed E-state index contributed by atoms with van der Waals surface area (Å²) < 4.78 is 0. The number of likely N-dealkylation sites (tertiary alicyclic amines) is 1. The van der Waals surface area contributed by atoms with Gasteiger partial charge in [0, 0.05) is 31.7 Å². The largest absolute Gasteiger partial charge is 0.313 e. The topological polar surface area (TPSA) is 18.5 Å². The molecule has 0 aromatic carbocycles. The predicted octanol–water partition coefficient (Wildman–Crippen LogP) is 1.79. The SMILES string of the molecule is CN1CCCC(N(C)CC(C)(C)CNC2CC2)C1. The van der Waals surface area contributed by atoms with Crippen LogP contribution in [-0.4, -0.2) is 62.2 Å². The Morgan fingerprint density at radius 2 is 2.00 bits per heavy atom. The van der Waals surface area contributed by atoms with E-state index in [0.29, 0.717) is 5.41 Å². The van der Waals surface area contributed by atoms with Gasteiger partial charge in [-0.05, 0) is 51.7 Å². The number of nitrogens with zero attached hydrogens (tertiary/aromatic N) is 2. The summed E-state index contributed by atoms with van der Waals surface area (Å²) in [7, 11) is 4.56. The van der Waals surface area contributed by atoms with Gasteiger partial charge in [-0.3, -0.25) is 0 Å². The molecule has 18 heavy (non-hydrogen) atoms. The van der Waals surface area contributed by atoms with Crippen LogP contribution >= 0.6 is 0 Å². The molecule has 0 amide bonds. The minimum Gasteiger partial charge on any atom is -0.313 e. The molecule has 1 aliphatic carbocycles. The molecule has 1 aliphatic heterocycles. The third-order valence-corrected chi connectivity index (χ3v) is 4.35. The van der Waals surface area contributed by atoms with E-state index >= 15 is 0 Å². The Hall–Kier alpha value is -0.120. The molecule has 1 atom stereocenters. The number of likely N-dealkylation sites (N-methyl/N-ethyl adjacent to an activating group) is 2. The molecule has 0 bridgehead atoms. The molecule has 1 heterocycles. The predicted molar refractivity (Wildman–Crippen MR) is 78.0 cm³/mol. The summed E-state index contributed by atoms with van der Waals surface area (Å²) in [5, 5.41) is 3.68. The summed E-state index contributed by atoms with van der Waals surface area (Å²) in [4.78, 5) is 5.06. The minimum atomic E-state index is 0.382. The number of hydrogen-bond acceptors (Lipinski definition) is 3. The average molecular weight is 253 g/mol. The quantitative estimate of drug-likeness (QED) is 0.778. The van der Waals surface area contributed by atoms with Crippen LogP contribution in [0.25, 0.3) is 0 Å². The lowest BCUT2D eigenvalue weighted by atomic mass is 9.91. The fourth-order valence-electron chi connectivity index (χ4n) is 3.07. The fourth-order valence-corrected chi connectivity index (χ4v) is 3.07. The molecule has 1 unspecified atom stereocenters. The second-order valence-electron chi connectivity index (χ2n) is 7.29. The van der Waals surface area contributed by atoms with Crippen molar-refractivity contribution < 1.29 is 0 Å². The third-order valence-electron chi connectivity index (χ3n) is 4.35. The minimum absolute atomic E-state index is 0.382. The van der Waals surface area contributed by atoms with Crippen LogP contribution in [0.1, 0.15) is 39.5 Å². The van der Waals surface area contributed by atoms with E-state index in [1.807, 2.05) is 0 Å². The van der Waals surface area contributed by atoms with Gasteiger partial charge in [-0.2, -0.15) is 0 Å². The summed E-state index contributed by atoms with van der Waals surface area (Å²) >= 11 is 0. The first-order chi connectivity index (χ1) is 8.46. The van der Waals surface area contributed by atoms with Crippen molar-refractivity contribution in [3.05, 3.63) is 0 Å². The van der Waals surface area contributed by atoms with Gasteiger partial charge in [-0.1, -0.05) is 13.8 Å². The van der Waals surface area contributed by atoms with Crippen molar-refractivity contribution >= 4 is 0 Å². The highest BCUT2D eigenvalue weighted by Gasteiger charge is 2.29. The highest BCUT2D eigenvalue weighted by molar-refractivity contribution is 4.86. The maximum Gasteiger partial charge on any atom is 0.0220 e. The molecule has 106 valence electrons. The van der Waals surface area contributed by atoms with Crippen molar-refractivity contribution in [2.24, 2.45) is 5.41 Å². The Kier molecular flexibility index (Phi) is 4.68. The van der Waals surface area contributed by atoms with E-state index in [-0.39, 0.29) is 0 Å². The maximum absolute atomic E-state index is 3.68. The maximum atomic E-state index is 3.68. The first-order valence-electron chi connectivity index (χ1n) is 7.58. The molecule has 1 saturated carbocycles. The molecule has 0 spiro atoms. The van der Waals surface area contributed by atoms with E-state index in [4.69, 9.17) is 0 Å². The molecule has 0 aromatic rings. The van der Waals surface area contributed by atoms with E-state index in [1.54, 1.807) is 0 Å². The van der Waals surface area contributed by atoms with E-state index in [9.17, 15) is 0 Å². The van der Waals surface area contributed by atoms with Gasteiger partial charge in [0.2, 0.25) is 0 Å². The van der Waals surface area contributed by atoms with Gasteiger partial charge in [0.05, 0.1) is 0 Å². The second kappa shape index (κ2) is 5.89. The summed E-state index contributed by atoms with van der Waals surface area (Å²) in [6.07, 6.45) is 5.50. The zero-order valence-electron chi connectivity index (χ0n) is 12.7. The summed E-state index contributed by atoms with van der Waals surface area (Å²) in [6, 6.07) is 1.58. The zero-order valence-corrected chi connectivity index (χ0v) is 12.7.